The van der Waals surface area contributed by atoms with Crippen LogP contribution in [0.3, 0.4) is 0 Å². The van der Waals surface area contributed by atoms with Gasteiger partial charge in [0.1, 0.15) is 0 Å². The highest BCUT2D eigenvalue weighted by Crippen LogP contribution is 2.29. The predicted octanol–water partition coefficient (Wildman–Crippen LogP) is 3.85. The Labute approximate surface area is 131 Å². The predicted molar refractivity (Wildman–Crippen MR) is 88.0 cm³/mol. The highest BCUT2D eigenvalue weighted by Gasteiger charge is 2.21. The summed E-state index contributed by atoms with van der Waals surface area (Å²) in [6.07, 6.45) is 10.5. The number of hydrogen-bond donors (Lipinski definition) is 1. The van der Waals surface area contributed by atoms with Gasteiger partial charge in [-0.25, -0.2) is 0 Å². The molecule has 1 saturated carbocycles. The maximum Gasteiger partial charge on any atom is 0.0766 e. The van der Waals surface area contributed by atoms with Crippen molar-refractivity contribution in [3.63, 3.8) is 0 Å². The van der Waals surface area contributed by atoms with E-state index in [2.05, 4.69) is 47.4 Å². The van der Waals surface area contributed by atoms with Gasteiger partial charge in [-0.3, -0.25) is 4.68 Å². The normalized spacial score (nSPS) is 18.4. The third kappa shape index (κ3) is 3.85. The van der Waals surface area contributed by atoms with Gasteiger partial charge in [-0.05, 0) is 41.7 Å². The van der Waals surface area contributed by atoms with Crippen LogP contribution in [0.25, 0.3) is 0 Å². The molecule has 0 amide bonds. The zero-order valence-electron chi connectivity index (χ0n) is 13.1. The molecule has 1 aliphatic rings. The van der Waals surface area contributed by atoms with E-state index in [9.17, 15) is 0 Å². The molecular formula is C16H28BrN3. The topological polar surface area (TPSA) is 29.9 Å². The fourth-order valence-corrected chi connectivity index (χ4v) is 4.18. The van der Waals surface area contributed by atoms with Crippen molar-refractivity contribution < 1.29 is 0 Å². The van der Waals surface area contributed by atoms with E-state index >= 15 is 0 Å². The molecule has 0 aliphatic heterocycles. The molecule has 1 heterocycles. The molecule has 1 aromatic heterocycles. The van der Waals surface area contributed by atoms with Crippen LogP contribution in [0, 0.1) is 5.92 Å². The molecular weight excluding hydrogens is 314 g/mol. The molecule has 3 nitrogen and oxygen atoms in total. The third-order valence-corrected chi connectivity index (χ3v) is 5.61. The minimum Gasteiger partial charge on any atom is -0.317 e. The van der Waals surface area contributed by atoms with Crippen LogP contribution in [0.15, 0.2) is 4.47 Å². The highest BCUT2D eigenvalue weighted by atomic mass is 79.9. The van der Waals surface area contributed by atoms with E-state index < -0.39 is 0 Å². The third-order valence-electron chi connectivity index (χ3n) is 4.69. The molecule has 1 aromatic rings. The summed E-state index contributed by atoms with van der Waals surface area (Å²) in [5, 5.41) is 8.12. The summed E-state index contributed by atoms with van der Waals surface area (Å²) in [7, 11) is 4.16. The van der Waals surface area contributed by atoms with Crippen LogP contribution in [0.4, 0.5) is 0 Å². The number of nitrogens with zero attached hydrogens (tertiary/aromatic N) is 2. The molecule has 1 unspecified atom stereocenters. The largest absolute Gasteiger partial charge is 0.317 e. The van der Waals surface area contributed by atoms with E-state index in [0.717, 1.165) is 18.8 Å². The van der Waals surface area contributed by atoms with Crippen LogP contribution < -0.4 is 5.32 Å². The Morgan fingerprint density at radius 3 is 2.60 bits per heavy atom. The number of aryl methyl sites for hydroxylation is 2. The van der Waals surface area contributed by atoms with Crippen molar-refractivity contribution in [1.29, 1.82) is 0 Å². The van der Waals surface area contributed by atoms with Gasteiger partial charge in [0, 0.05) is 19.5 Å². The molecule has 0 bridgehead atoms. The van der Waals surface area contributed by atoms with Crippen LogP contribution in [-0.4, -0.2) is 22.9 Å². The van der Waals surface area contributed by atoms with E-state index in [1.165, 1.54) is 54.4 Å². The fourth-order valence-electron chi connectivity index (χ4n) is 3.40. The lowest BCUT2D eigenvalue weighted by atomic mass is 9.84. The zero-order chi connectivity index (χ0) is 14.5. The van der Waals surface area contributed by atoms with Crippen LogP contribution in [-0.2, 0) is 19.9 Å². The fraction of sp³-hybridized carbons (Fsp3) is 0.812. The number of nitrogens with one attached hydrogen (secondary N) is 1. The molecule has 0 radical (unpaired) electrons. The second kappa shape index (κ2) is 7.60. The quantitative estimate of drug-likeness (QED) is 0.851. The lowest BCUT2D eigenvalue weighted by molar-refractivity contribution is 0.301. The lowest BCUT2D eigenvalue weighted by Gasteiger charge is -2.26. The summed E-state index contributed by atoms with van der Waals surface area (Å²) in [4.78, 5) is 0. The average molecular weight is 342 g/mol. The summed E-state index contributed by atoms with van der Waals surface area (Å²) in [5.41, 5.74) is 2.51. The van der Waals surface area contributed by atoms with Gasteiger partial charge >= 0.3 is 0 Å². The summed E-state index contributed by atoms with van der Waals surface area (Å²) in [5.74, 6) is 0.916. The van der Waals surface area contributed by atoms with Crippen molar-refractivity contribution in [2.24, 2.45) is 13.0 Å². The second-order valence-electron chi connectivity index (χ2n) is 6.11. The first-order chi connectivity index (χ1) is 9.65. The zero-order valence-corrected chi connectivity index (χ0v) is 14.7. The maximum atomic E-state index is 4.60. The standard InChI is InChI=1S/C16H28BrN3/c1-4-14-16(17)15(20(3)19-14)11-13(18-2)10-12-8-6-5-7-9-12/h12-13,18H,4-11H2,1-3H3. The van der Waals surface area contributed by atoms with Crippen molar-refractivity contribution in [3.05, 3.63) is 15.9 Å². The summed E-state index contributed by atoms with van der Waals surface area (Å²) < 4.78 is 3.26. The van der Waals surface area contributed by atoms with Crippen LogP contribution in [0.5, 0.6) is 0 Å². The molecule has 20 heavy (non-hydrogen) atoms. The van der Waals surface area contributed by atoms with Crippen molar-refractivity contribution in [2.75, 3.05) is 7.05 Å². The highest BCUT2D eigenvalue weighted by molar-refractivity contribution is 9.10. The van der Waals surface area contributed by atoms with E-state index in [1.807, 2.05) is 4.68 Å². The van der Waals surface area contributed by atoms with Gasteiger partial charge in [-0.1, -0.05) is 39.0 Å². The Bertz CT molecular complexity index is 422. The first-order valence-corrected chi connectivity index (χ1v) is 8.82. The van der Waals surface area contributed by atoms with Crippen molar-refractivity contribution in [1.82, 2.24) is 15.1 Å². The molecule has 0 spiro atoms. The van der Waals surface area contributed by atoms with Crippen LogP contribution in [0.2, 0.25) is 0 Å². The average Bonchev–Trinajstić information content (AvgIpc) is 2.74. The molecule has 4 heteroatoms. The van der Waals surface area contributed by atoms with Crippen LogP contribution >= 0.6 is 15.9 Å². The van der Waals surface area contributed by atoms with E-state index in [-0.39, 0.29) is 0 Å². The minimum atomic E-state index is 0.564. The first-order valence-electron chi connectivity index (χ1n) is 8.03. The molecule has 0 saturated heterocycles. The van der Waals surface area contributed by atoms with E-state index in [1.54, 1.807) is 0 Å². The lowest BCUT2D eigenvalue weighted by Crippen LogP contribution is -2.31. The van der Waals surface area contributed by atoms with E-state index in [4.69, 9.17) is 0 Å². The van der Waals surface area contributed by atoms with Crippen molar-refractivity contribution in [3.8, 4) is 0 Å². The molecule has 1 N–H and O–H groups in total. The van der Waals surface area contributed by atoms with Gasteiger partial charge in [-0.2, -0.15) is 5.10 Å². The molecule has 1 fully saturated rings. The van der Waals surface area contributed by atoms with Gasteiger partial charge in [-0.15, -0.1) is 0 Å². The first kappa shape index (κ1) is 16.0. The van der Waals surface area contributed by atoms with Gasteiger partial charge < -0.3 is 5.32 Å². The monoisotopic (exact) mass is 341 g/mol. The van der Waals surface area contributed by atoms with Gasteiger partial charge in [0.15, 0.2) is 0 Å². The Morgan fingerprint density at radius 1 is 1.35 bits per heavy atom. The summed E-state index contributed by atoms with van der Waals surface area (Å²) in [6.45, 7) is 2.16. The molecule has 0 aromatic carbocycles. The van der Waals surface area contributed by atoms with Gasteiger partial charge in [0.05, 0.1) is 15.9 Å². The SMILES string of the molecule is CCc1nn(C)c(CC(CC2CCCCC2)NC)c1Br. The Kier molecular flexibility index (Phi) is 6.09. The Hall–Kier alpha value is -0.350. The molecule has 1 aliphatic carbocycles. The Balaban J connectivity index is 2.00. The minimum absolute atomic E-state index is 0.564. The molecule has 1 atom stereocenters. The van der Waals surface area contributed by atoms with E-state index in [0.29, 0.717) is 6.04 Å². The van der Waals surface area contributed by atoms with Crippen molar-refractivity contribution >= 4 is 15.9 Å². The molecule has 2 rings (SSSR count). The molecule has 114 valence electrons. The number of halogens is 1. The number of hydrogen-bond acceptors (Lipinski definition) is 2. The summed E-state index contributed by atoms with van der Waals surface area (Å²) in [6, 6.07) is 0.564. The summed E-state index contributed by atoms with van der Waals surface area (Å²) >= 11 is 3.73. The second-order valence-corrected chi connectivity index (χ2v) is 6.91. The Morgan fingerprint density at radius 2 is 2.05 bits per heavy atom. The van der Waals surface area contributed by atoms with Crippen molar-refractivity contribution in [2.45, 2.75) is 64.3 Å². The van der Waals surface area contributed by atoms with Gasteiger partial charge in [0.2, 0.25) is 0 Å². The van der Waals surface area contributed by atoms with Crippen LogP contribution in [0.1, 0.15) is 56.8 Å². The number of rotatable bonds is 6. The van der Waals surface area contributed by atoms with Gasteiger partial charge in [0.25, 0.3) is 0 Å². The maximum absolute atomic E-state index is 4.60. The number of aromatic nitrogens is 2. The smallest absolute Gasteiger partial charge is 0.0766 e. The number of likely N-dealkylation sites (N-methyl/N-ethyl adjacent to an activating group) is 1.